The number of rotatable bonds is 3. The first-order chi connectivity index (χ1) is 10.1. The largest absolute Gasteiger partial charge is 0.478 e. The van der Waals surface area contributed by atoms with Crippen molar-refractivity contribution in [3.05, 3.63) is 71.3 Å². The number of aliphatic carboxylic acids is 1. The van der Waals surface area contributed by atoms with E-state index in [2.05, 4.69) is 0 Å². The first-order valence-corrected chi connectivity index (χ1v) is 6.56. The summed E-state index contributed by atoms with van der Waals surface area (Å²) in [5.74, 6) is -0.983. The van der Waals surface area contributed by atoms with Gasteiger partial charge in [-0.1, -0.05) is 30.3 Å². The lowest BCUT2D eigenvalue weighted by atomic mass is 10.1. The number of carbonyl (C=O) groups is 2. The number of amides is 1. The molecular formula is C17H13NO3. The predicted octanol–water partition coefficient (Wildman–Crippen LogP) is 2.94. The van der Waals surface area contributed by atoms with Crippen molar-refractivity contribution in [3.63, 3.8) is 0 Å². The van der Waals surface area contributed by atoms with Crippen molar-refractivity contribution < 1.29 is 14.7 Å². The zero-order chi connectivity index (χ0) is 14.8. The van der Waals surface area contributed by atoms with Crippen LogP contribution in [0.4, 0.5) is 5.69 Å². The minimum absolute atomic E-state index is 0.000530. The Kier molecular flexibility index (Phi) is 3.28. The molecule has 21 heavy (non-hydrogen) atoms. The number of fused-ring (bicyclic) bond motifs is 1. The zero-order valence-electron chi connectivity index (χ0n) is 11.2. The molecule has 0 aliphatic carbocycles. The normalized spacial score (nSPS) is 13.7. The molecule has 0 unspecified atom stereocenters. The third-order valence-corrected chi connectivity index (χ3v) is 3.44. The Hall–Kier alpha value is -2.88. The minimum atomic E-state index is -0.982. The van der Waals surface area contributed by atoms with E-state index < -0.39 is 5.97 Å². The number of anilines is 1. The molecule has 1 amide bonds. The second-order valence-electron chi connectivity index (χ2n) is 4.81. The summed E-state index contributed by atoms with van der Waals surface area (Å²) in [6, 6.07) is 14.8. The fraction of sp³-hybridized carbons (Fsp3) is 0.0588. The van der Waals surface area contributed by atoms with Crippen molar-refractivity contribution in [2.45, 2.75) is 6.54 Å². The molecule has 4 heteroatoms. The third-order valence-electron chi connectivity index (χ3n) is 3.44. The average Bonchev–Trinajstić information content (AvgIpc) is 2.83. The van der Waals surface area contributed by atoms with Gasteiger partial charge in [-0.3, -0.25) is 4.79 Å². The Morgan fingerprint density at radius 2 is 1.81 bits per heavy atom. The van der Waals surface area contributed by atoms with Crippen LogP contribution in [0.25, 0.3) is 6.08 Å². The molecule has 0 aromatic heterocycles. The van der Waals surface area contributed by atoms with Gasteiger partial charge in [-0.25, -0.2) is 4.79 Å². The van der Waals surface area contributed by atoms with Crippen molar-refractivity contribution in [2.24, 2.45) is 0 Å². The van der Waals surface area contributed by atoms with Crippen LogP contribution in [0.15, 0.2) is 54.6 Å². The van der Waals surface area contributed by atoms with Crippen LogP contribution in [0.3, 0.4) is 0 Å². The van der Waals surface area contributed by atoms with Gasteiger partial charge in [-0.05, 0) is 35.4 Å². The number of nitrogens with zero attached hydrogens (tertiary/aromatic N) is 1. The molecule has 2 aromatic carbocycles. The van der Waals surface area contributed by atoms with Crippen molar-refractivity contribution in [1.82, 2.24) is 0 Å². The average molecular weight is 279 g/mol. The molecule has 0 saturated heterocycles. The van der Waals surface area contributed by atoms with Gasteiger partial charge < -0.3 is 10.0 Å². The molecular weight excluding hydrogens is 266 g/mol. The summed E-state index contributed by atoms with van der Waals surface area (Å²) in [6.45, 7) is 0.569. The van der Waals surface area contributed by atoms with E-state index in [-0.39, 0.29) is 5.91 Å². The van der Waals surface area contributed by atoms with E-state index in [9.17, 15) is 9.59 Å². The van der Waals surface area contributed by atoms with Gasteiger partial charge in [0, 0.05) is 17.3 Å². The second-order valence-corrected chi connectivity index (χ2v) is 4.81. The van der Waals surface area contributed by atoms with Crippen LogP contribution in [0.1, 0.15) is 21.5 Å². The molecule has 1 aliphatic rings. The smallest absolute Gasteiger partial charge is 0.328 e. The van der Waals surface area contributed by atoms with E-state index in [1.165, 1.54) is 6.08 Å². The number of carboxylic acid groups (broad SMARTS) is 1. The topological polar surface area (TPSA) is 57.6 Å². The lowest BCUT2D eigenvalue weighted by molar-refractivity contribution is -0.131. The fourth-order valence-electron chi connectivity index (χ4n) is 2.40. The molecule has 104 valence electrons. The summed E-state index contributed by atoms with van der Waals surface area (Å²) in [4.78, 5) is 24.5. The quantitative estimate of drug-likeness (QED) is 0.879. The van der Waals surface area contributed by atoms with Gasteiger partial charge in [0.2, 0.25) is 0 Å². The van der Waals surface area contributed by atoms with Crippen LogP contribution >= 0.6 is 0 Å². The standard InChI is InChI=1S/C17H13NO3/c19-16(20)10-7-12-5-8-14(9-6-12)18-11-13-3-1-2-4-15(13)17(18)21/h1-10H,11H2,(H,19,20)/b10-7+. The highest BCUT2D eigenvalue weighted by Gasteiger charge is 2.27. The molecule has 0 saturated carbocycles. The lowest BCUT2D eigenvalue weighted by Gasteiger charge is -2.15. The van der Waals surface area contributed by atoms with Gasteiger partial charge in [0.1, 0.15) is 0 Å². The van der Waals surface area contributed by atoms with Gasteiger partial charge in [0.15, 0.2) is 0 Å². The summed E-state index contributed by atoms with van der Waals surface area (Å²) in [5, 5.41) is 8.60. The molecule has 1 N–H and O–H groups in total. The van der Waals surface area contributed by atoms with Crippen molar-refractivity contribution in [3.8, 4) is 0 Å². The maximum Gasteiger partial charge on any atom is 0.328 e. The fourth-order valence-corrected chi connectivity index (χ4v) is 2.40. The van der Waals surface area contributed by atoms with Crippen LogP contribution in [0, 0.1) is 0 Å². The molecule has 0 fully saturated rings. The van der Waals surface area contributed by atoms with E-state index >= 15 is 0 Å². The van der Waals surface area contributed by atoms with Gasteiger partial charge >= 0.3 is 5.97 Å². The molecule has 3 rings (SSSR count). The van der Waals surface area contributed by atoms with Crippen LogP contribution in [0.5, 0.6) is 0 Å². The highest BCUT2D eigenvalue weighted by atomic mass is 16.4. The molecule has 1 heterocycles. The minimum Gasteiger partial charge on any atom is -0.478 e. The lowest BCUT2D eigenvalue weighted by Crippen LogP contribution is -2.22. The van der Waals surface area contributed by atoms with Gasteiger partial charge in [0.25, 0.3) is 5.91 Å². The molecule has 0 atom stereocenters. The zero-order valence-corrected chi connectivity index (χ0v) is 11.2. The van der Waals surface area contributed by atoms with E-state index in [0.29, 0.717) is 6.54 Å². The van der Waals surface area contributed by atoms with Crippen LogP contribution in [-0.4, -0.2) is 17.0 Å². The van der Waals surface area contributed by atoms with E-state index in [4.69, 9.17) is 5.11 Å². The van der Waals surface area contributed by atoms with Gasteiger partial charge in [-0.2, -0.15) is 0 Å². The van der Waals surface area contributed by atoms with E-state index in [1.807, 2.05) is 36.4 Å². The van der Waals surface area contributed by atoms with Gasteiger partial charge in [0.05, 0.1) is 6.54 Å². The maximum absolute atomic E-state index is 12.3. The number of carboxylic acids is 1. The number of benzene rings is 2. The van der Waals surface area contributed by atoms with Crippen molar-refractivity contribution in [2.75, 3.05) is 4.90 Å². The molecule has 4 nitrogen and oxygen atoms in total. The first-order valence-electron chi connectivity index (χ1n) is 6.56. The van der Waals surface area contributed by atoms with Crippen LogP contribution < -0.4 is 4.90 Å². The highest BCUT2D eigenvalue weighted by molar-refractivity contribution is 6.10. The van der Waals surface area contributed by atoms with Crippen molar-refractivity contribution in [1.29, 1.82) is 0 Å². The van der Waals surface area contributed by atoms with Crippen LogP contribution in [0.2, 0.25) is 0 Å². The Bertz CT molecular complexity index is 732. The molecule has 1 aliphatic heterocycles. The third kappa shape index (κ3) is 2.56. The first kappa shape index (κ1) is 13.1. The summed E-state index contributed by atoms with van der Waals surface area (Å²) in [7, 11) is 0. The Morgan fingerprint density at radius 1 is 1.10 bits per heavy atom. The molecule has 2 aromatic rings. The van der Waals surface area contributed by atoms with Crippen molar-refractivity contribution >= 4 is 23.6 Å². The number of hydrogen-bond donors (Lipinski definition) is 1. The number of hydrogen-bond acceptors (Lipinski definition) is 2. The molecule has 0 bridgehead atoms. The summed E-state index contributed by atoms with van der Waals surface area (Å²) in [6.07, 6.45) is 2.61. The summed E-state index contributed by atoms with van der Waals surface area (Å²) in [5.41, 5.74) is 3.36. The Labute approximate surface area is 121 Å². The molecule has 0 spiro atoms. The number of carbonyl (C=O) groups excluding carboxylic acids is 1. The molecule has 0 radical (unpaired) electrons. The Morgan fingerprint density at radius 3 is 2.48 bits per heavy atom. The summed E-state index contributed by atoms with van der Waals surface area (Å²) < 4.78 is 0. The SMILES string of the molecule is O=C(O)/C=C/c1ccc(N2Cc3ccccc3C2=O)cc1. The highest BCUT2D eigenvalue weighted by Crippen LogP contribution is 2.28. The van der Waals surface area contributed by atoms with E-state index in [0.717, 1.165) is 28.5 Å². The summed E-state index contributed by atoms with van der Waals surface area (Å²) >= 11 is 0. The van der Waals surface area contributed by atoms with Crippen LogP contribution in [-0.2, 0) is 11.3 Å². The van der Waals surface area contributed by atoms with E-state index in [1.54, 1.807) is 17.0 Å². The second kappa shape index (κ2) is 5.25. The van der Waals surface area contributed by atoms with Gasteiger partial charge in [-0.15, -0.1) is 0 Å². The predicted molar refractivity (Wildman–Crippen MR) is 80.1 cm³/mol. The monoisotopic (exact) mass is 279 g/mol. The Balaban J connectivity index is 1.83. The maximum atomic E-state index is 12.3.